The smallest absolute Gasteiger partial charge is 0.337 e. The van der Waals surface area contributed by atoms with Crippen LogP contribution in [0.4, 0.5) is 0 Å². The summed E-state index contributed by atoms with van der Waals surface area (Å²) in [7, 11) is 2.84. The molecule has 1 aromatic carbocycles. The number of methoxy groups -OCH3 is 2. The standard InChI is InChI=1S/C14H16O5/c1-4-5-11-6-10(8-15)7-12(18-3)14(11)19-13(16)9-17-2/h4,6-8H,1,5,9H2,2-3H3. The van der Waals surface area contributed by atoms with Gasteiger partial charge in [0.15, 0.2) is 11.5 Å². The van der Waals surface area contributed by atoms with E-state index in [0.717, 1.165) is 0 Å². The first-order valence-corrected chi connectivity index (χ1v) is 5.62. The third kappa shape index (κ3) is 3.93. The minimum atomic E-state index is -0.537. The Kier molecular flexibility index (Phi) is 5.75. The van der Waals surface area contributed by atoms with Crippen LogP contribution < -0.4 is 9.47 Å². The van der Waals surface area contributed by atoms with Crippen molar-refractivity contribution in [3.8, 4) is 11.5 Å². The van der Waals surface area contributed by atoms with Crippen LogP contribution in [0.5, 0.6) is 11.5 Å². The highest BCUT2D eigenvalue weighted by Gasteiger charge is 2.16. The Morgan fingerprint density at radius 3 is 2.63 bits per heavy atom. The maximum absolute atomic E-state index is 11.5. The molecular formula is C14H16O5. The van der Waals surface area contributed by atoms with Crippen LogP contribution in [0.1, 0.15) is 15.9 Å². The van der Waals surface area contributed by atoms with Crippen LogP contribution >= 0.6 is 0 Å². The van der Waals surface area contributed by atoms with Gasteiger partial charge in [0.25, 0.3) is 0 Å². The van der Waals surface area contributed by atoms with Gasteiger partial charge in [0.2, 0.25) is 0 Å². The van der Waals surface area contributed by atoms with E-state index >= 15 is 0 Å². The van der Waals surface area contributed by atoms with Crippen molar-refractivity contribution in [3.05, 3.63) is 35.9 Å². The van der Waals surface area contributed by atoms with Crippen molar-refractivity contribution < 1.29 is 23.8 Å². The Balaban J connectivity index is 3.20. The Labute approximate surface area is 111 Å². The molecule has 0 atom stereocenters. The molecule has 1 aromatic rings. The molecule has 0 spiro atoms. The van der Waals surface area contributed by atoms with E-state index in [-0.39, 0.29) is 12.4 Å². The predicted octanol–water partition coefficient (Wildman–Crippen LogP) is 1.79. The number of ether oxygens (including phenoxy) is 3. The van der Waals surface area contributed by atoms with Gasteiger partial charge in [-0.1, -0.05) is 6.08 Å². The molecule has 0 radical (unpaired) electrons. The van der Waals surface area contributed by atoms with Gasteiger partial charge in [-0.3, -0.25) is 4.79 Å². The molecule has 0 fully saturated rings. The van der Waals surface area contributed by atoms with Crippen LogP contribution in [-0.2, 0) is 16.0 Å². The number of benzene rings is 1. The second kappa shape index (κ2) is 7.33. The first kappa shape index (κ1) is 14.9. The summed E-state index contributed by atoms with van der Waals surface area (Å²) in [6, 6.07) is 3.14. The third-order valence-corrected chi connectivity index (χ3v) is 2.35. The second-order valence-corrected chi connectivity index (χ2v) is 3.73. The second-order valence-electron chi connectivity index (χ2n) is 3.73. The van der Waals surface area contributed by atoms with Gasteiger partial charge in [-0.15, -0.1) is 6.58 Å². The Morgan fingerprint density at radius 1 is 1.37 bits per heavy atom. The molecule has 0 bridgehead atoms. The lowest BCUT2D eigenvalue weighted by molar-refractivity contribution is -0.138. The molecule has 102 valence electrons. The first-order chi connectivity index (χ1) is 9.15. The van der Waals surface area contributed by atoms with Gasteiger partial charge < -0.3 is 14.2 Å². The molecule has 0 aliphatic heterocycles. The minimum absolute atomic E-state index is 0.161. The van der Waals surface area contributed by atoms with Crippen molar-refractivity contribution in [2.75, 3.05) is 20.8 Å². The summed E-state index contributed by atoms with van der Waals surface area (Å²) in [5.41, 5.74) is 1.10. The summed E-state index contributed by atoms with van der Waals surface area (Å²) >= 11 is 0. The van der Waals surface area contributed by atoms with E-state index in [9.17, 15) is 9.59 Å². The maximum Gasteiger partial charge on any atom is 0.337 e. The summed E-state index contributed by atoms with van der Waals surface area (Å²) in [5, 5.41) is 0. The van der Waals surface area contributed by atoms with Crippen LogP contribution in [0.3, 0.4) is 0 Å². The minimum Gasteiger partial charge on any atom is -0.493 e. The zero-order chi connectivity index (χ0) is 14.3. The number of carbonyl (C=O) groups is 2. The van der Waals surface area contributed by atoms with Gasteiger partial charge in [-0.25, -0.2) is 4.79 Å². The molecule has 0 amide bonds. The number of rotatable bonds is 7. The van der Waals surface area contributed by atoms with Crippen molar-refractivity contribution in [1.29, 1.82) is 0 Å². The molecule has 5 nitrogen and oxygen atoms in total. The summed E-state index contributed by atoms with van der Waals surface area (Å²) in [4.78, 5) is 22.4. The highest BCUT2D eigenvalue weighted by molar-refractivity contribution is 5.80. The first-order valence-electron chi connectivity index (χ1n) is 5.62. The number of carbonyl (C=O) groups excluding carboxylic acids is 2. The number of esters is 1. The zero-order valence-corrected chi connectivity index (χ0v) is 11.0. The summed E-state index contributed by atoms with van der Waals surface area (Å²) < 4.78 is 15.1. The highest BCUT2D eigenvalue weighted by atomic mass is 16.6. The molecule has 0 saturated carbocycles. The zero-order valence-electron chi connectivity index (χ0n) is 11.0. The van der Waals surface area contributed by atoms with E-state index in [0.29, 0.717) is 29.6 Å². The quantitative estimate of drug-likeness (QED) is 0.325. The number of aldehydes is 1. The van der Waals surface area contributed by atoms with Crippen molar-refractivity contribution in [2.45, 2.75) is 6.42 Å². The van der Waals surface area contributed by atoms with Crippen LogP contribution in [0.25, 0.3) is 0 Å². The molecule has 1 rings (SSSR count). The average molecular weight is 264 g/mol. The fraction of sp³-hybridized carbons (Fsp3) is 0.286. The van der Waals surface area contributed by atoms with E-state index in [1.54, 1.807) is 12.1 Å². The van der Waals surface area contributed by atoms with Crippen LogP contribution in [0, 0.1) is 0 Å². The van der Waals surface area contributed by atoms with E-state index in [2.05, 4.69) is 6.58 Å². The fourth-order valence-corrected chi connectivity index (χ4v) is 1.59. The molecule has 19 heavy (non-hydrogen) atoms. The molecule has 0 aliphatic carbocycles. The fourth-order valence-electron chi connectivity index (χ4n) is 1.59. The predicted molar refractivity (Wildman–Crippen MR) is 69.8 cm³/mol. The normalized spacial score (nSPS) is 9.79. The van der Waals surface area contributed by atoms with Crippen LogP contribution in [0.15, 0.2) is 24.8 Å². The SMILES string of the molecule is C=CCc1cc(C=O)cc(OC)c1OC(=O)COC. The largest absolute Gasteiger partial charge is 0.493 e. The van der Waals surface area contributed by atoms with E-state index < -0.39 is 5.97 Å². The summed E-state index contributed by atoms with van der Waals surface area (Å²) in [6.45, 7) is 3.47. The molecule has 5 heteroatoms. The van der Waals surface area contributed by atoms with Crippen molar-refractivity contribution in [3.63, 3.8) is 0 Å². The Hall–Kier alpha value is -2.14. The third-order valence-electron chi connectivity index (χ3n) is 2.35. The van der Waals surface area contributed by atoms with Gasteiger partial charge in [-0.2, -0.15) is 0 Å². The summed E-state index contributed by atoms with van der Waals surface area (Å²) in [5.74, 6) is 0.0749. The van der Waals surface area contributed by atoms with Crippen LogP contribution in [0.2, 0.25) is 0 Å². The molecule has 0 aliphatic rings. The van der Waals surface area contributed by atoms with Crippen molar-refractivity contribution in [2.24, 2.45) is 0 Å². The topological polar surface area (TPSA) is 61.8 Å². The molecule has 0 heterocycles. The van der Waals surface area contributed by atoms with Gasteiger partial charge in [0, 0.05) is 18.2 Å². The van der Waals surface area contributed by atoms with Gasteiger partial charge in [0.1, 0.15) is 12.9 Å². The molecule has 0 aromatic heterocycles. The lowest BCUT2D eigenvalue weighted by Gasteiger charge is -2.13. The molecular weight excluding hydrogens is 248 g/mol. The van der Waals surface area contributed by atoms with Crippen molar-refractivity contribution >= 4 is 12.3 Å². The molecule has 0 saturated heterocycles. The number of allylic oxidation sites excluding steroid dienone is 1. The lowest BCUT2D eigenvalue weighted by atomic mass is 10.1. The average Bonchev–Trinajstić information content (AvgIpc) is 2.41. The van der Waals surface area contributed by atoms with E-state index in [1.165, 1.54) is 20.3 Å². The lowest BCUT2D eigenvalue weighted by Crippen LogP contribution is -2.16. The Morgan fingerprint density at radius 2 is 2.11 bits per heavy atom. The monoisotopic (exact) mass is 264 g/mol. The number of hydrogen-bond acceptors (Lipinski definition) is 5. The van der Waals surface area contributed by atoms with E-state index in [4.69, 9.17) is 14.2 Å². The molecule has 0 N–H and O–H groups in total. The van der Waals surface area contributed by atoms with E-state index in [1.807, 2.05) is 0 Å². The highest BCUT2D eigenvalue weighted by Crippen LogP contribution is 2.33. The summed E-state index contributed by atoms with van der Waals surface area (Å²) in [6.07, 6.45) is 2.81. The van der Waals surface area contributed by atoms with Crippen molar-refractivity contribution in [1.82, 2.24) is 0 Å². The number of hydrogen-bond donors (Lipinski definition) is 0. The van der Waals surface area contributed by atoms with Gasteiger partial charge >= 0.3 is 5.97 Å². The molecule has 0 unspecified atom stereocenters. The van der Waals surface area contributed by atoms with Crippen LogP contribution in [-0.4, -0.2) is 33.1 Å². The maximum atomic E-state index is 11.5. The van der Waals surface area contributed by atoms with Gasteiger partial charge in [-0.05, 0) is 18.6 Å². The Bertz CT molecular complexity index is 479. The van der Waals surface area contributed by atoms with Gasteiger partial charge in [0.05, 0.1) is 7.11 Å².